The lowest BCUT2D eigenvalue weighted by Gasteiger charge is -2.04. The molecule has 1 heterocycles. The van der Waals surface area contributed by atoms with Gasteiger partial charge in [-0.2, -0.15) is 0 Å². The number of nitrogens with two attached hydrogens (primary N) is 4. The van der Waals surface area contributed by atoms with Gasteiger partial charge in [0.05, 0.1) is 0 Å². The largest absolute Gasteiger partial charge is 0.480 e. The van der Waals surface area contributed by atoms with Gasteiger partial charge in [0.1, 0.15) is 24.9 Å². The number of carboxylic acid groups (broad SMARTS) is 3. The van der Waals surface area contributed by atoms with Crippen LogP contribution in [-0.4, -0.2) is 77.2 Å². The van der Waals surface area contributed by atoms with Gasteiger partial charge >= 0.3 is 17.9 Å². The van der Waals surface area contributed by atoms with Crippen LogP contribution >= 0.6 is 0 Å². The Hall–Kier alpha value is -3.55. The van der Waals surface area contributed by atoms with Crippen molar-refractivity contribution >= 4 is 30.7 Å². The van der Waals surface area contributed by atoms with E-state index < -0.39 is 30.0 Å². The van der Waals surface area contributed by atoms with E-state index in [1.807, 2.05) is 37.1 Å². The molecule has 1 saturated heterocycles. The van der Waals surface area contributed by atoms with Crippen molar-refractivity contribution in [3.05, 3.63) is 35.9 Å². The van der Waals surface area contributed by atoms with Crippen molar-refractivity contribution in [1.29, 1.82) is 0 Å². The lowest BCUT2D eigenvalue weighted by molar-refractivity contribution is -0.139. The molecule has 1 fully saturated rings. The second-order valence-electron chi connectivity index (χ2n) is 7.02. The fraction of sp³-hybridized carbons (Fsp3) is 0.476. The molecule has 13 nitrogen and oxygen atoms in total. The zero-order valence-corrected chi connectivity index (χ0v) is 19.0. The van der Waals surface area contributed by atoms with Crippen LogP contribution in [-0.2, 0) is 25.6 Å². The molecule has 0 aliphatic carbocycles. The van der Waals surface area contributed by atoms with Gasteiger partial charge in [0, 0.05) is 6.54 Å². The molecule has 1 aliphatic heterocycles. The van der Waals surface area contributed by atoms with Crippen molar-refractivity contribution in [2.75, 3.05) is 13.1 Å². The molecule has 0 aromatic heterocycles. The molecule has 13 heteroatoms. The molecule has 0 bridgehead atoms. The molecule has 34 heavy (non-hydrogen) atoms. The van der Waals surface area contributed by atoms with Crippen LogP contribution in [0.15, 0.2) is 35.3 Å². The maximum Gasteiger partial charge on any atom is 0.320 e. The third kappa shape index (κ3) is 18.1. The van der Waals surface area contributed by atoms with Gasteiger partial charge in [0.25, 0.3) is 0 Å². The molecule has 192 valence electrons. The summed E-state index contributed by atoms with van der Waals surface area (Å²) in [5, 5.41) is 28.1. The Bertz CT molecular complexity index is 738. The number of carbonyl (C=O) groups is 4. The normalized spacial score (nSPS) is 15.4. The maximum atomic E-state index is 10.4. The van der Waals surface area contributed by atoms with Gasteiger partial charge < -0.3 is 48.4 Å². The number of aliphatic imine (C=N–C) groups is 1. The van der Waals surface area contributed by atoms with E-state index in [0.29, 0.717) is 25.8 Å². The third-order valence-corrected chi connectivity index (χ3v) is 4.26. The molecule has 2 unspecified atom stereocenters. The molecule has 12 N–H and O–H groups in total. The van der Waals surface area contributed by atoms with E-state index >= 15 is 0 Å². The lowest BCUT2D eigenvalue weighted by atomic mass is 10.1. The zero-order valence-electron chi connectivity index (χ0n) is 19.0. The van der Waals surface area contributed by atoms with Crippen molar-refractivity contribution in [2.24, 2.45) is 27.9 Å². The van der Waals surface area contributed by atoms with Gasteiger partial charge in [-0.3, -0.25) is 19.4 Å². The average molecular weight is 485 g/mol. The first kappa shape index (κ1) is 32.6. The predicted molar refractivity (Wildman–Crippen MR) is 127 cm³/mol. The van der Waals surface area contributed by atoms with Gasteiger partial charge in [-0.05, 0) is 44.2 Å². The van der Waals surface area contributed by atoms with E-state index in [-0.39, 0.29) is 12.0 Å². The van der Waals surface area contributed by atoms with Crippen LogP contribution in [0.5, 0.6) is 0 Å². The first-order valence-corrected chi connectivity index (χ1v) is 10.4. The van der Waals surface area contributed by atoms with Crippen molar-refractivity contribution in [3.8, 4) is 0 Å². The monoisotopic (exact) mass is 484 g/mol. The number of hydrogen-bond donors (Lipinski definition) is 8. The van der Waals surface area contributed by atoms with E-state index in [4.69, 9.17) is 43.0 Å². The Labute approximate surface area is 198 Å². The van der Waals surface area contributed by atoms with Crippen molar-refractivity contribution in [1.82, 2.24) is 5.32 Å². The van der Waals surface area contributed by atoms with Crippen LogP contribution in [0.4, 0.5) is 0 Å². The van der Waals surface area contributed by atoms with E-state index in [1.54, 1.807) is 0 Å². The topological polar surface area (TPSA) is 257 Å². The highest BCUT2D eigenvalue weighted by Gasteiger charge is 2.20. The number of aliphatic carboxylic acids is 3. The molecular weight excluding hydrogens is 448 g/mol. The Morgan fingerprint density at radius 3 is 1.97 bits per heavy atom. The van der Waals surface area contributed by atoms with Crippen LogP contribution in [0.3, 0.4) is 0 Å². The van der Waals surface area contributed by atoms with E-state index in [1.165, 1.54) is 0 Å². The summed E-state index contributed by atoms with van der Waals surface area (Å²) >= 11 is 0. The molecule has 1 aromatic rings. The molecule has 0 radical (unpaired) electrons. The number of carboxylic acids is 3. The van der Waals surface area contributed by atoms with Crippen molar-refractivity contribution < 1.29 is 34.5 Å². The number of guanidine groups is 1. The van der Waals surface area contributed by atoms with Crippen molar-refractivity contribution in [3.63, 3.8) is 0 Å². The fourth-order valence-electron chi connectivity index (χ4n) is 2.49. The second-order valence-corrected chi connectivity index (χ2v) is 7.02. The first-order chi connectivity index (χ1) is 16.0. The average Bonchev–Trinajstić information content (AvgIpc) is 3.35. The summed E-state index contributed by atoms with van der Waals surface area (Å²) in [6.45, 7) is 3.28. The van der Waals surface area contributed by atoms with Crippen LogP contribution in [0.2, 0.25) is 0 Å². The van der Waals surface area contributed by atoms with Crippen molar-refractivity contribution in [2.45, 2.75) is 50.2 Å². The number of benzene rings is 1. The number of hydrogen-bond acceptors (Lipinski definition) is 8. The highest BCUT2D eigenvalue weighted by molar-refractivity contribution is 5.75. The smallest absolute Gasteiger partial charge is 0.320 e. The number of carbonyl (C=O) groups excluding carboxylic acids is 1. The standard InChI is InChI=1S/C9H11NO2.C6H14N4O2.C5H9NO2.CH2O/c10-8(9(11)12)6-7-4-2-1-3-5-7;7-4(5(11)12)2-1-3-10-6(8)9;7-5(8)4-2-1-3-6-4;1-2/h1-5,8H,6,10H2,(H,11,12);4H,1-3,7H2,(H,11,12)(H4,8,9,10);4,6H,1-3H2,(H,7,8);1H2/t;;4-;/m..0./s1. The minimum absolute atomic E-state index is 0.0129. The zero-order chi connectivity index (χ0) is 26.5. The molecule has 3 atom stereocenters. The van der Waals surface area contributed by atoms with Gasteiger partial charge in [-0.1, -0.05) is 30.3 Å². The van der Waals surface area contributed by atoms with Crippen LogP contribution in [0.25, 0.3) is 0 Å². The maximum absolute atomic E-state index is 10.4. The molecule has 1 aromatic carbocycles. The highest BCUT2D eigenvalue weighted by Crippen LogP contribution is 2.03. The van der Waals surface area contributed by atoms with E-state index in [9.17, 15) is 14.4 Å². The highest BCUT2D eigenvalue weighted by atomic mass is 16.4. The summed E-state index contributed by atoms with van der Waals surface area (Å²) in [7, 11) is 0. The molecule has 2 rings (SSSR count). The molecule has 0 saturated carbocycles. The van der Waals surface area contributed by atoms with Gasteiger partial charge in [-0.15, -0.1) is 0 Å². The van der Waals surface area contributed by atoms with Crippen LogP contribution in [0, 0.1) is 0 Å². The Kier molecular flexibility index (Phi) is 19.3. The van der Waals surface area contributed by atoms with E-state index in [2.05, 4.69) is 10.3 Å². The van der Waals surface area contributed by atoms with E-state index in [0.717, 1.165) is 24.9 Å². The second kappa shape index (κ2) is 20.1. The summed E-state index contributed by atoms with van der Waals surface area (Å²) in [4.78, 5) is 42.4. The van der Waals surface area contributed by atoms with Crippen LogP contribution in [0.1, 0.15) is 31.2 Å². The minimum Gasteiger partial charge on any atom is -0.480 e. The quantitative estimate of drug-likeness (QED) is 0.116. The summed E-state index contributed by atoms with van der Waals surface area (Å²) in [5.74, 6) is -2.67. The number of nitrogens with one attached hydrogen (secondary N) is 1. The Balaban J connectivity index is 0. The van der Waals surface area contributed by atoms with Gasteiger partial charge in [-0.25, -0.2) is 0 Å². The van der Waals surface area contributed by atoms with Gasteiger partial charge in [0.15, 0.2) is 5.96 Å². The SMILES string of the molecule is C=O.NC(Cc1ccccc1)C(=O)O.NC(N)=NCCCC(N)C(=O)O.O=C(O)[C@@H]1CCCN1. The molecule has 1 aliphatic rings. The lowest BCUT2D eigenvalue weighted by Crippen LogP contribution is -2.32. The minimum atomic E-state index is -1.00. The molecule has 0 spiro atoms. The Morgan fingerprint density at radius 1 is 1.03 bits per heavy atom. The summed E-state index contributed by atoms with van der Waals surface area (Å²) in [6.07, 6.45) is 3.12. The third-order valence-electron chi connectivity index (χ3n) is 4.26. The summed E-state index contributed by atoms with van der Waals surface area (Å²) < 4.78 is 0. The Morgan fingerprint density at radius 2 is 1.59 bits per heavy atom. The number of rotatable bonds is 9. The van der Waals surface area contributed by atoms with Gasteiger partial charge in [0.2, 0.25) is 0 Å². The number of nitrogens with zero attached hydrogens (tertiary/aromatic N) is 1. The predicted octanol–water partition coefficient (Wildman–Crippen LogP) is -1.27. The fourth-order valence-corrected chi connectivity index (χ4v) is 2.49. The van der Waals surface area contributed by atoms with Crippen LogP contribution < -0.4 is 28.3 Å². The molecular formula is C21H36N6O7. The first-order valence-electron chi connectivity index (χ1n) is 10.4. The summed E-state index contributed by atoms with van der Waals surface area (Å²) in [5.41, 5.74) is 21.6. The summed E-state index contributed by atoms with van der Waals surface area (Å²) in [6, 6.07) is 7.46. The molecule has 0 amide bonds.